The molecule has 0 aromatic carbocycles. The summed E-state index contributed by atoms with van der Waals surface area (Å²) in [5.41, 5.74) is 0. The quantitative estimate of drug-likeness (QED) is 0.637. The molecule has 0 bridgehead atoms. The van der Waals surface area contributed by atoms with Crippen LogP contribution in [0.2, 0.25) is 0 Å². The predicted molar refractivity (Wildman–Crippen MR) is 67.2 cm³/mol. The van der Waals surface area contributed by atoms with Crippen LogP contribution in [0.3, 0.4) is 0 Å². The number of ether oxygens (including phenoxy) is 1. The van der Waals surface area contributed by atoms with E-state index in [-0.39, 0.29) is 0 Å². The lowest BCUT2D eigenvalue weighted by Crippen LogP contribution is -2.43. The number of nitrogens with one attached hydrogen (secondary N) is 1. The molecule has 0 rings (SSSR count). The van der Waals surface area contributed by atoms with E-state index in [0.717, 1.165) is 13.2 Å². The molecule has 2 heteroatoms. The highest BCUT2D eigenvalue weighted by molar-refractivity contribution is 4.74. The Kier molecular flexibility index (Phi) is 9.12. The lowest BCUT2D eigenvalue weighted by atomic mass is 10.0. The SMILES string of the molecule is CCCCC(C)NC(COCC)C(C)C. The molecule has 0 saturated heterocycles. The van der Waals surface area contributed by atoms with Crippen LogP contribution < -0.4 is 5.32 Å². The summed E-state index contributed by atoms with van der Waals surface area (Å²) >= 11 is 0. The highest BCUT2D eigenvalue weighted by Crippen LogP contribution is 2.07. The Morgan fingerprint density at radius 1 is 1.13 bits per heavy atom. The summed E-state index contributed by atoms with van der Waals surface area (Å²) < 4.78 is 5.50. The first-order chi connectivity index (χ1) is 7.11. The Bertz CT molecular complexity index is 136. The summed E-state index contributed by atoms with van der Waals surface area (Å²) in [7, 11) is 0. The van der Waals surface area contributed by atoms with E-state index >= 15 is 0 Å². The molecule has 0 aromatic heterocycles. The van der Waals surface area contributed by atoms with Gasteiger partial charge in [0.15, 0.2) is 0 Å². The third kappa shape index (κ3) is 7.80. The lowest BCUT2D eigenvalue weighted by molar-refractivity contribution is 0.103. The van der Waals surface area contributed by atoms with Crippen LogP contribution in [-0.4, -0.2) is 25.3 Å². The van der Waals surface area contributed by atoms with Crippen LogP contribution in [0.4, 0.5) is 0 Å². The fraction of sp³-hybridized carbons (Fsp3) is 1.00. The van der Waals surface area contributed by atoms with Gasteiger partial charge >= 0.3 is 0 Å². The minimum atomic E-state index is 0.497. The summed E-state index contributed by atoms with van der Waals surface area (Å²) in [4.78, 5) is 0. The molecule has 0 radical (unpaired) electrons. The summed E-state index contributed by atoms with van der Waals surface area (Å²) in [6.07, 6.45) is 3.86. The molecule has 2 unspecified atom stereocenters. The molecule has 0 fully saturated rings. The maximum atomic E-state index is 5.50. The summed E-state index contributed by atoms with van der Waals surface area (Å²) in [5, 5.41) is 3.66. The zero-order chi connectivity index (χ0) is 11.7. The highest BCUT2D eigenvalue weighted by Gasteiger charge is 2.15. The number of rotatable bonds is 9. The molecule has 0 aliphatic carbocycles. The van der Waals surface area contributed by atoms with Crippen LogP contribution in [0.1, 0.15) is 53.9 Å². The van der Waals surface area contributed by atoms with Gasteiger partial charge in [0, 0.05) is 18.7 Å². The molecular weight excluding hydrogens is 186 g/mol. The van der Waals surface area contributed by atoms with Crippen LogP contribution in [0.5, 0.6) is 0 Å². The van der Waals surface area contributed by atoms with Crippen molar-refractivity contribution in [1.29, 1.82) is 0 Å². The molecule has 0 aliphatic rings. The van der Waals surface area contributed by atoms with Crippen molar-refractivity contribution in [2.24, 2.45) is 5.92 Å². The third-order valence-electron chi connectivity index (χ3n) is 2.80. The van der Waals surface area contributed by atoms with Gasteiger partial charge in [0.05, 0.1) is 6.61 Å². The Morgan fingerprint density at radius 2 is 1.80 bits per heavy atom. The van der Waals surface area contributed by atoms with Crippen molar-refractivity contribution in [3.05, 3.63) is 0 Å². The Balaban J connectivity index is 3.81. The van der Waals surface area contributed by atoms with E-state index in [9.17, 15) is 0 Å². The van der Waals surface area contributed by atoms with Crippen molar-refractivity contribution < 1.29 is 4.74 Å². The molecule has 0 spiro atoms. The maximum Gasteiger partial charge on any atom is 0.0622 e. The van der Waals surface area contributed by atoms with E-state index in [1.807, 2.05) is 0 Å². The van der Waals surface area contributed by atoms with Crippen molar-refractivity contribution in [3.8, 4) is 0 Å². The molecule has 0 heterocycles. The van der Waals surface area contributed by atoms with E-state index in [1.165, 1.54) is 19.3 Å². The van der Waals surface area contributed by atoms with Crippen molar-refractivity contribution in [2.75, 3.05) is 13.2 Å². The molecule has 2 atom stereocenters. The molecule has 92 valence electrons. The van der Waals surface area contributed by atoms with Crippen LogP contribution >= 0.6 is 0 Å². The number of hydrogen-bond donors (Lipinski definition) is 1. The van der Waals surface area contributed by atoms with Gasteiger partial charge < -0.3 is 10.1 Å². The second-order valence-corrected chi connectivity index (χ2v) is 4.72. The topological polar surface area (TPSA) is 21.3 Å². The monoisotopic (exact) mass is 215 g/mol. The smallest absolute Gasteiger partial charge is 0.0622 e. The van der Waals surface area contributed by atoms with Crippen LogP contribution in [-0.2, 0) is 4.74 Å². The van der Waals surface area contributed by atoms with Gasteiger partial charge in [0.1, 0.15) is 0 Å². The highest BCUT2D eigenvalue weighted by atomic mass is 16.5. The van der Waals surface area contributed by atoms with Crippen LogP contribution in [0.25, 0.3) is 0 Å². The van der Waals surface area contributed by atoms with Gasteiger partial charge in [0.2, 0.25) is 0 Å². The van der Waals surface area contributed by atoms with Gasteiger partial charge in [-0.15, -0.1) is 0 Å². The minimum absolute atomic E-state index is 0.497. The van der Waals surface area contributed by atoms with Gasteiger partial charge in [-0.3, -0.25) is 0 Å². The van der Waals surface area contributed by atoms with Gasteiger partial charge in [-0.1, -0.05) is 33.6 Å². The lowest BCUT2D eigenvalue weighted by Gasteiger charge is -2.26. The maximum absolute atomic E-state index is 5.50. The average Bonchev–Trinajstić information content (AvgIpc) is 2.20. The second kappa shape index (κ2) is 9.17. The first-order valence-corrected chi connectivity index (χ1v) is 6.45. The van der Waals surface area contributed by atoms with Gasteiger partial charge in [-0.2, -0.15) is 0 Å². The summed E-state index contributed by atoms with van der Waals surface area (Å²) in [5.74, 6) is 0.639. The number of unbranched alkanes of at least 4 members (excludes halogenated alkanes) is 1. The first-order valence-electron chi connectivity index (χ1n) is 6.45. The second-order valence-electron chi connectivity index (χ2n) is 4.72. The van der Waals surface area contributed by atoms with Crippen molar-refractivity contribution in [1.82, 2.24) is 5.32 Å². The van der Waals surface area contributed by atoms with E-state index < -0.39 is 0 Å². The zero-order valence-electron chi connectivity index (χ0n) is 11.2. The normalized spacial score (nSPS) is 15.6. The van der Waals surface area contributed by atoms with Crippen LogP contribution in [0, 0.1) is 5.92 Å². The third-order valence-corrected chi connectivity index (χ3v) is 2.80. The summed E-state index contributed by atoms with van der Waals surface area (Å²) in [6, 6.07) is 1.11. The van der Waals surface area contributed by atoms with Crippen LogP contribution in [0.15, 0.2) is 0 Å². The van der Waals surface area contributed by atoms with Crippen molar-refractivity contribution in [3.63, 3.8) is 0 Å². The molecule has 15 heavy (non-hydrogen) atoms. The molecule has 2 nitrogen and oxygen atoms in total. The summed E-state index contributed by atoms with van der Waals surface area (Å²) in [6.45, 7) is 12.7. The fourth-order valence-electron chi connectivity index (χ4n) is 1.64. The molecule has 1 N–H and O–H groups in total. The Morgan fingerprint density at radius 3 is 2.27 bits per heavy atom. The van der Waals surface area contributed by atoms with E-state index in [4.69, 9.17) is 4.74 Å². The first kappa shape index (κ1) is 14.9. The minimum Gasteiger partial charge on any atom is -0.380 e. The van der Waals surface area contributed by atoms with Crippen molar-refractivity contribution >= 4 is 0 Å². The molecule has 0 amide bonds. The van der Waals surface area contributed by atoms with E-state index in [0.29, 0.717) is 18.0 Å². The molecule has 0 aliphatic heterocycles. The zero-order valence-corrected chi connectivity index (χ0v) is 11.2. The Labute approximate surface area is 95.8 Å². The standard InChI is InChI=1S/C13H29NO/c1-6-8-9-12(5)14-13(11(3)4)10-15-7-2/h11-14H,6-10H2,1-5H3. The van der Waals surface area contributed by atoms with E-state index in [1.54, 1.807) is 0 Å². The van der Waals surface area contributed by atoms with Crippen molar-refractivity contribution in [2.45, 2.75) is 66.0 Å². The fourth-order valence-corrected chi connectivity index (χ4v) is 1.64. The molecular formula is C13H29NO. The predicted octanol–water partition coefficient (Wildman–Crippen LogP) is 3.22. The number of hydrogen-bond acceptors (Lipinski definition) is 2. The van der Waals surface area contributed by atoms with Gasteiger partial charge in [-0.25, -0.2) is 0 Å². The van der Waals surface area contributed by atoms with E-state index in [2.05, 4.69) is 39.9 Å². The molecule has 0 aromatic rings. The largest absolute Gasteiger partial charge is 0.380 e. The Hall–Kier alpha value is -0.0800. The average molecular weight is 215 g/mol. The van der Waals surface area contributed by atoms with Gasteiger partial charge in [0.25, 0.3) is 0 Å². The van der Waals surface area contributed by atoms with Gasteiger partial charge in [-0.05, 0) is 26.2 Å². The molecule has 0 saturated carbocycles.